The summed E-state index contributed by atoms with van der Waals surface area (Å²) in [5, 5.41) is 29.8. The van der Waals surface area contributed by atoms with Crippen LogP contribution < -0.4 is 4.90 Å². The SMILES string of the molecule is C[C@@]1(O)CCCN(c2ccc([N+](=O)[O-])c(C#N)c2)C1. The molecule has 1 aromatic carbocycles. The molecule has 1 saturated heterocycles. The van der Waals surface area contributed by atoms with E-state index in [1.807, 2.05) is 11.0 Å². The molecule has 0 radical (unpaired) electrons. The third kappa shape index (κ3) is 2.83. The van der Waals surface area contributed by atoms with Crippen molar-refractivity contribution in [2.75, 3.05) is 18.0 Å². The van der Waals surface area contributed by atoms with E-state index in [9.17, 15) is 15.2 Å². The van der Waals surface area contributed by atoms with Crippen LogP contribution in [0.1, 0.15) is 25.3 Å². The lowest BCUT2D eigenvalue weighted by Gasteiger charge is -2.38. The number of hydrogen-bond acceptors (Lipinski definition) is 5. The largest absolute Gasteiger partial charge is 0.388 e. The topological polar surface area (TPSA) is 90.4 Å². The summed E-state index contributed by atoms with van der Waals surface area (Å²) in [5.74, 6) is 0. The van der Waals surface area contributed by atoms with Crippen molar-refractivity contribution in [3.63, 3.8) is 0 Å². The Morgan fingerprint density at radius 1 is 1.58 bits per heavy atom. The average molecular weight is 261 g/mol. The van der Waals surface area contributed by atoms with E-state index in [-0.39, 0.29) is 11.3 Å². The number of nitriles is 1. The van der Waals surface area contributed by atoms with Crippen LogP contribution in [0, 0.1) is 21.4 Å². The second kappa shape index (κ2) is 4.86. The number of nitrogens with zero attached hydrogens (tertiary/aromatic N) is 3. The molecule has 19 heavy (non-hydrogen) atoms. The molecular formula is C13H15N3O3. The molecule has 0 saturated carbocycles. The average Bonchev–Trinajstić information content (AvgIpc) is 2.36. The molecule has 1 heterocycles. The fourth-order valence-corrected chi connectivity index (χ4v) is 2.41. The number of anilines is 1. The van der Waals surface area contributed by atoms with Gasteiger partial charge < -0.3 is 10.0 Å². The molecule has 6 nitrogen and oxygen atoms in total. The second-order valence-electron chi connectivity index (χ2n) is 5.09. The van der Waals surface area contributed by atoms with Crippen LogP contribution in [0.3, 0.4) is 0 Å². The molecule has 1 atom stereocenters. The van der Waals surface area contributed by atoms with Crippen LogP contribution >= 0.6 is 0 Å². The number of benzene rings is 1. The highest BCUT2D eigenvalue weighted by atomic mass is 16.6. The van der Waals surface area contributed by atoms with Crippen molar-refractivity contribution in [1.29, 1.82) is 5.26 Å². The Morgan fingerprint density at radius 2 is 2.32 bits per heavy atom. The summed E-state index contributed by atoms with van der Waals surface area (Å²) in [4.78, 5) is 12.2. The first kappa shape index (κ1) is 13.3. The molecule has 2 rings (SSSR count). The summed E-state index contributed by atoms with van der Waals surface area (Å²) in [6.07, 6.45) is 1.59. The lowest BCUT2D eigenvalue weighted by atomic mass is 9.94. The Hall–Kier alpha value is -2.13. The monoisotopic (exact) mass is 261 g/mol. The highest BCUT2D eigenvalue weighted by Gasteiger charge is 2.29. The Morgan fingerprint density at radius 3 is 2.89 bits per heavy atom. The van der Waals surface area contributed by atoms with Crippen LogP contribution in [0.2, 0.25) is 0 Å². The highest BCUT2D eigenvalue weighted by Crippen LogP contribution is 2.29. The van der Waals surface area contributed by atoms with Gasteiger partial charge in [0.05, 0.1) is 10.5 Å². The van der Waals surface area contributed by atoms with Crippen LogP contribution in [0.5, 0.6) is 0 Å². The zero-order chi connectivity index (χ0) is 14.0. The van der Waals surface area contributed by atoms with E-state index in [0.717, 1.165) is 25.1 Å². The first-order valence-electron chi connectivity index (χ1n) is 6.09. The van der Waals surface area contributed by atoms with Crippen LogP contribution in [0.25, 0.3) is 0 Å². The molecule has 1 aromatic rings. The standard InChI is InChI=1S/C13H15N3O3/c1-13(17)5-2-6-15(9-13)11-3-4-12(16(18)19)10(7-11)8-14/h3-4,7,17H,2,5-6,9H2,1H3/t13-/m1/s1. The summed E-state index contributed by atoms with van der Waals surface area (Å²) in [6.45, 7) is 3.02. The molecule has 1 N–H and O–H groups in total. The van der Waals surface area contributed by atoms with Crippen LogP contribution in [0.4, 0.5) is 11.4 Å². The molecule has 0 amide bonds. The molecule has 0 aliphatic carbocycles. The van der Waals surface area contributed by atoms with E-state index in [4.69, 9.17) is 5.26 Å². The first-order valence-corrected chi connectivity index (χ1v) is 6.09. The number of nitro benzene ring substituents is 1. The molecule has 0 aromatic heterocycles. The van der Waals surface area contributed by atoms with Gasteiger partial charge in [-0.3, -0.25) is 10.1 Å². The van der Waals surface area contributed by atoms with Crippen molar-refractivity contribution in [1.82, 2.24) is 0 Å². The van der Waals surface area contributed by atoms with Gasteiger partial charge in [0.25, 0.3) is 5.69 Å². The molecule has 0 spiro atoms. The highest BCUT2D eigenvalue weighted by molar-refractivity contribution is 5.60. The third-order valence-electron chi connectivity index (χ3n) is 3.34. The predicted octanol–water partition coefficient (Wildman–Crippen LogP) is 1.82. The van der Waals surface area contributed by atoms with Crippen molar-refractivity contribution in [3.8, 4) is 6.07 Å². The molecule has 6 heteroatoms. The van der Waals surface area contributed by atoms with E-state index in [1.165, 1.54) is 12.1 Å². The number of rotatable bonds is 2. The Labute approximate surface area is 111 Å². The lowest BCUT2D eigenvalue weighted by molar-refractivity contribution is -0.385. The van der Waals surface area contributed by atoms with Gasteiger partial charge in [-0.15, -0.1) is 0 Å². The number of β-amino-alcohol motifs (C(OH)–C–C–N with tert-alkyl or cyclic N) is 1. The van der Waals surface area contributed by atoms with E-state index in [1.54, 1.807) is 13.0 Å². The zero-order valence-corrected chi connectivity index (χ0v) is 10.7. The second-order valence-corrected chi connectivity index (χ2v) is 5.09. The zero-order valence-electron chi connectivity index (χ0n) is 10.7. The van der Waals surface area contributed by atoms with Crippen molar-refractivity contribution in [2.24, 2.45) is 0 Å². The minimum Gasteiger partial charge on any atom is -0.388 e. The number of hydrogen-bond donors (Lipinski definition) is 1. The number of nitro groups is 1. The van der Waals surface area contributed by atoms with Crippen LogP contribution in [-0.4, -0.2) is 28.7 Å². The fourth-order valence-electron chi connectivity index (χ4n) is 2.41. The molecular weight excluding hydrogens is 246 g/mol. The Bertz CT molecular complexity index is 549. The Balaban J connectivity index is 2.31. The molecule has 1 aliphatic heterocycles. The summed E-state index contributed by atoms with van der Waals surface area (Å²) < 4.78 is 0. The van der Waals surface area contributed by atoms with E-state index < -0.39 is 10.5 Å². The summed E-state index contributed by atoms with van der Waals surface area (Å²) in [7, 11) is 0. The van der Waals surface area contributed by atoms with Crippen molar-refractivity contribution in [2.45, 2.75) is 25.4 Å². The summed E-state index contributed by atoms with van der Waals surface area (Å²) in [6, 6.07) is 6.33. The molecule has 0 unspecified atom stereocenters. The van der Waals surface area contributed by atoms with Crippen LogP contribution in [-0.2, 0) is 0 Å². The van der Waals surface area contributed by atoms with Crippen molar-refractivity contribution in [3.05, 3.63) is 33.9 Å². The van der Waals surface area contributed by atoms with Gasteiger partial charge in [0.1, 0.15) is 11.6 Å². The number of piperidine rings is 1. The normalized spacial score (nSPS) is 22.9. The van der Waals surface area contributed by atoms with Gasteiger partial charge in [-0.25, -0.2) is 0 Å². The van der Waals surface area contributed by atoms with E-state index >= 15 is 0 Å². The van der Waals surface area contributed by atoms with Gasteiger partial charge >= 0.3 is 0 Å². The van der Waals surface area contributed by atoms with Gasteiger partial charge in [0.2, 0.25) is 0 Å². The summed E-state index contributed by atoms with van der Waals surface area (Å²) in [5.41, 5.74) is -0.155. The third-order valence-corrected chi connectivity index (χ3v) is 3.34. The van der Waals surface area contributed by atoms with Crippen molar-refractivity contribution < 1.29 is 10.0 Å². The van der Waals surface area contributed by atoms with Gasteiger partial charge in [0.15, 0.2) is 0 Å². The van der Waals surface area contributed by atoms with Crippen molar-refractivity contribution >= 4 is 11.4 Å². The predicted molar refractivity (Wildman–Crippen MR) is 69.9 cm³/mol. The maximum absolute atomic E-state index is 10.8. The Kier molecular flexibility index (Phi) is 3.40. The first-order chi connectivity index (χ1) is 8.93. The lowest BCUT2D eigenvalue weighted by Crippen LogP contribution is -2.46. The molecule has 100 valence electrons. The maximum atomic E-state index is 10.8. The molecule has 1 fully saturated rings. The molecule has 0 bridgehead atoms. The minimum absolute atomic E-state index is 0.0488. The van der Waals surface area contributed by atoms with Gasteiger partial charge in [-0.05, 0) is 31.9 Å². The van der Waals surface area contributed by atoms with Gasteiger partial charge in [-0.1, -0.05) is 0 Å². The quantitative estimate of drug-likeness (QED) is 0.647. The summed E-state index contributed by atoms with van der Waals surface area (Å²) >= 11 is 0. The smallest absolute Gasteiger partial charge is 0.287 e. The van der Waals surface area contributed by atoms with Gasteiger partial charge in [-0.2, -0.15) is 5.26 Å². The fraction of sp³-hybridized carbons (Fsp3) is 0.462. The van der Waals surface area contributed by atoms with Crippen LogP contribution in [0.15, 0.2) is 18.2 Å². The molecule has 1 aliphatic rings. The minimum atomic E-state index is -0.757. The maximum Gasteiger partial charge on any atom is 0.287 e. The van der Waals surface area contributed by atoms with E-state index in [0.29, 0.717) is 6.54 Å². The number of aliphatic hydroxyl groups is 1. The van der Waals surface area contributed by atoms with E-state index in [2.05, 4.69) is 0 Å². The van der Waals surface area contributed by atoms with Gasteiger partial charge in [0, 0.05) is 24.8 Å².